The molecule has 2 nitrogen and oxygen atoms in total. The molecule has 0 aromatic carbocycles. The van der Waals surface area contributed by atoms with Crippen molar-refractivity contribution in [2.24, 2.45) is 5.92 Å². The van der Waals surface area contributed by atoms with Crippen LogP contribution in [0.1, 0.15) is 54.0 Å². The van der Waals surface area contributed by atoms with Gasteiger partial charge in [-0.3, -0.25) is 4.79 Å². The number of aldehydes is 1. The highest BCUT2D eigenvalue weighted by Gasteiger charge is 2.21. The topological polar surface area (TPSA) is 30.0 Å². The average molecular weight is 209 g/mol. The minimum Gasteiger partial charge on any atom is -0.296 e. The van der Waals surface area contributed by atoms with Gasteiger partial charge in [0.2, 0.25) is 0 Å². The first-order valence-electron chi connectivity index (χ1n) is 5.20. The van der Waals surface area contributed by atoms with Crippen LogP contribution in [-0.4, -0.2) is 11.3 Å². The summed E-state index contributed by atoms with van der Waals surface area (Å²) >= 11 is 1.64. The van der Waals surface area contributed by atoms with Crippen molar-refractivity contribution in [2.45, 2.75) is 38.5 Å². The fourth-order valence-corrected chi connectivity index (χ4v) is 2.99. The van der Waals surface area contributed by atoms with E-state index in [2.05, 4.69) is 11.9 Å². The molecule has 0 unspecified atom stereocenters. The molecule has 1 aromatic rings. The Morgan fingerprint density at radius 1 is 1.43 bits per heavy atom. The standard InChI is InChI=1S/C11H15NOS/c1-8-2-4-9(5-3-8)11-12-10(6-13)7-14-11/h6-9H,2-5H2,1H3. The second kappa shape index (κ2) is 4.22. The van der Waals surface area contributed by atoms with Crippen LogP contribution >= 0.6 is 11.3 Å². The summed E-state index contributed by atoms with van der Waals surface area (Å²) in [5.74, 6) is 1.49. The molecule has 1 heterocycles. The van der Waals surface area contributed by atoms with Crippen molar-refractivity contribution in [3.8, 4) is 0 Å². The molecule has 0 amide bonds. The molecule has 0 aliphatic heterocycles. The fraction of sp³-hybridized carbons (Fsp3) is 0.636. The fourth-order valence-electron chi connectivity index (χ4n) is 2.05. The molecule has 3 heteroatoms. The van der Waals surface area contributed by atoms with Gasteiger partial charge in [-0.05, 0) is 18.8 Å². The summed E-state index contributed by atoms with van der Waals surface area (Å²) in [5.41, 5.74) is 0.601. The molecule has 1 fully saturated rings. The zero-order chi connectivity index (χ0) is 9.97. The van der Waals surface area contributed by atoms with Gasteiger partial charge in [0, 0.05) is 11.3 Å². The predicted octanol–water partition coefficient (Wildman–Crippen LogP) is 3.25. The molecule has 14 heavy (non-hydrogen) atoms. The Morgan fingerprint density at radius 2 is 2.14 bits per heavy atom. The molecule has 0 bridgehead atoms. The molecule has 76 valence electrons. The average Bonchev–Trinajstić information content (AvgIpc) is 2.67. The third-order valence-electron chi connectivity index (χ3n) is 3.03. The number of carbonyl (C=O) groups is 1. The van der Waals surface area contributed by atoms with Crippen LogP contribution in [0.3, 0.4) is 0 Å². The van der Waals surface area contributed by atoms with Gasteiger partial charge in [-0.25, -0.2) is 4.98 Å². The predicted molar refractivity (Wildman–Crippen MR) is 57.9 cm³/mol. The van der Waals surface area contributed by atoms with Gasteiger partial charge in [0.05, 0.1) is 5.01 Å². The maximum atomic E-state index is 10.5. The number of nitrogens with zero attached hydrogens (tertiary/aromatic N) is 1. The normalized spacial score (nSPS) is 27.5. The van der Waals surface area contributed by atoms with Gasteiger partial charge in [0.1, 0.15) is 5.69 Å². The lowest BCUT2D eigenvalue weighted by Crippen LogP contribution is -2.10. The molecule has 1 aliphatic rings. The van der Waals surface area contributed by atoms with E-state index in [1.807, 2.05) is 5.38 Å². The Hall–Kier alpha value is -0.700. The van der Waals surface area contributed by atoms with E-state index in [4.69, 9.17) is 0 Å². The van der Waals surface area contributed by atoms with Crippen molar-refractivity contribution in [3.63, 3.8) is 0 Å². The molecular formula is C11H15NOS. The summed E-state index contributed by atoms with van der Waals surface area (Å²) in [6, 6.07) is 0. The van der Waals surface area contributed by atoms with Crippen molar-refractivity contribution >= 4 is 17.6 Å². The Morgan fingerprint density at radius 3 is 2.71 bits per heavy atom. The van der Waals surface area contributed by atoms with Gasteiger partial charge in [-0.2, -0.15) is 0 Å². The molecule has 0 spiro atoms. The van der Waals surface area contributed by atoms with Crippen LogP contribution in [0.15, 0.2) is 5.38 Å². The Kier molecular flexibility index (Phi) is 2.96. The van der Waals surface area contributed by atoms with Crippen molar-refractivity contribution in [2.75, 3.05) is 0 Å². The molecule has 0 atom stereocenters. The van der Waals surface area contributed by atoms with Crippen LogP contribution in [0, 0.1) is 5.92 Å². The molecule has 1 aliphatic carbocycles. The third-order valence-corrected chi connectivity index (χ3v) is 4.05. The number of carbonyl (C=O) groups excluding carboxylic acids is 1. The van der Waals surface area contributed by atoms with Gasteiger partial charge in [0.25, 0.3) is 0 Å². The largest absolute Gasteiger partial charge is 0.296 e. The molecule has 1 saturated carbocycles. The number of hydrogen-bond acceptors (Lipinski definition) is 3. The molecular weight excluding hydrogens is 194 g/mol. The number of rotatable bonds is 2. The first-order chi connectivity index (χ1) is 6.79. The van der Waals surface area contributed by atoms with Crippen LogP contribution in [-0.2, 0) is 0 Å². The second-order valence-corrected chi connectivity index (χ2v) is 5.07. The minimum atomic E-state index is 0.601. The van der Waals surface area contributed by atoms with Gasteiger partial charge in [0.15, 0.2) is 6.29 Å². The third kappa shape index (κ3) is 2.03. The lowest BCUT2D eigenvalue weighted by Gasteiger charge is -2.24. The van der Waals surface area contributed by atoms with Crippen LogP contribution in [0.25, 0.3) is 0 Å². The molecule has 2 rings (SSSR count). The van der Waals surface area contributed by atoms with Crippen LogP contribution in [0.4, 0.5) is 0 Å². The highest BCUT2D eigenvalue weighted by atomic mass is 32.1. The first-order valence-corrected chi connectivity index (χ1v) is 6.08. The number of hydrogen-bond donors (Lipinski definition) is 0. The molecule has 0 saturated heterocycles. The zero-order valence-electron chi connectivity index (χ0n) is 8.40. The van der Waals surface area contributed by atoms with Gasteiger partial charge in [-0.1, -0.05) is 19.8 Å². The summed E-state index contributed by atoms with van der Waals surface area (Å²) in [7, 11) is 0. The minimum absolute atomic E-state index is 0.601. The monoisotopic (exact) mass is 209 g/mol. The summed E-state index contributed by atoms with van der Waals surface area (Å²) in [5, 5.41) is 3.03. The van der Waals surface area contributed by atoms with E-state index in [1.165, 1.54) is 30.7 Å². The van der Waals surface area contributed by atoms with E-state index in [9.17, 15) is 4.79 Å². The Labute approximate surface area is 88.4 Å². The molecule has 0 radical (unpaired) electrons. The van der Waals surface area contributed by atoms with E-state index in [0.29, 0.717) is 11.6 Å². The summed E-state index contributed by atoms with van der Waals surface area (Å²) in [6.45, 7) is 2.31. The van der Waals surface area contributed by atoms with Gasteiger partial charge < -0.3 is 0 Å². The van der Waals surface area contributed by atoms with E-state index in [-0.39, 0.29) is 0 Å². The van der Waals surface area contributed by atoms with Gasteiger partial charge >= 0.3 is 0 Å². The SMILES string of the molecule is CC1CCC(c2nc(C=O)cs2)CC1. The number of aromatic nitrogens is 1. The van der Waals surface area contributed by atoms with E-state index in [1.54, 1.807) is 11.3 Å². The highest BCUT2D eigenvalue weighted by Crippen LogP contribution is 2.36. The first kappa shape index (κ1) is 9.84. The Balaban J connectivity index is 2.04. The van der Waals surface area contributed by atoms with E-state index < -0.39 is 0 Å². The highest BCUT2D eigenvalue weighted by molar-refractivity contribution is 7.09. The lowest BCUT2D eigenvalue weighted by molar-refractivity contribution is 0.111. The van der Waals surface area contributed by atoms with Gasteiger partial charge in [-0.15, -0.1) is 11.3 Å². The van der Waals surface area contributed by atoms with Crippen LogP contribution in [0.2, 0.25) is 0 Å². The molecule has 0 N–H and O–H groups in total. The number of thiazole rings is 1. The summed E-state index contributed by atoms with van der Waals surface area (Å²) < 4.78 is 0. The van der Waals surface area contributed by atoms with E-state index >= 15 is 0 Å². The van der Waals surface area contributed by atoms with Crippen molar-refractivity contribution in [3.05, 3.63) is 16.1 Å². The lowest BCUT2D eigenvalue weighted by atomic mass is 9.83. The smallest absolute Gasteiger partial charge is 0.169 e. The molecule has 1 aromatic heterocycles. The zero-order valence-corrected chi connectivity index (χ0v) is 9.22. The Bertz CT molecular complexity index is 313. The van der Waals surface area contributed by atoms with E-state index in [0.717, 1.165) is 12.2 Å². The maximum Gasteiger partial charge on any atom is 0.169 e. The summed E-state index contributed by atoms with van der Waals surface area (Å²) in [4.78, 5) is 14.8. The quantitative estimate of drug-likeness (QED) is 0.700. The van der Waals surface area contributed by atoms with Crippen molar-refractivity contribution in [1.29, 1.82) is 0 Å². The second-order valence-electron chi connectivity index (χ2n) is 4.19. The maximum absolute atomic E-state index is 10.5. The van der Waals surface area contributed by atoms with Crippen molar-refractivity contribution in [1.82, 2.24) is 4.98 Å². The van der Waals surface area contributed by atoms with Crippen LogP contribution in [0.5, 0.6) is 0 Å². The summed E-state index contributed by atoms with van der Waals surface area (Å²) in [6.07, 6.45) is 5.94. The van der Waals surface area contributed by atoms with Crippen molar-refractivity contribution < 1.29 is 4.79 Å². The van der Waals surface area contributed by atoms with Crippen LogP contribution < -0.4 is 0 Å².